The predicted octanol–water partition coefficient (Wildman–Crippen LogP) is 1.93. The number of hydrogen-bond donors (Lipinski definition) is 0. The number of ether oxygens (including phenoxy) is 1. The molecule has 2 aromatic rings. The van der Waals surface area contributed by atoms with E-state index < -0.39 is 5.97 Å². The maximum Gasteiger partial charge on any atom is 0.358 e. The molecular formula is C12H10N2O2. The Kier molecular flexibility index (Phi) is 2.91. The predicted molar refractivity (Wildman–Crippen MR) is 58.8 cm³/mol. The molecule has 0 amide bonds. The maximum absolute atomic E-state index is 11.3. The molecule has 0 fully saturated rings. The smallest absolute Gasteiger partial charge is 0.358 e. The average molecular weight is 214 g/mol. The van der Waals surface area contributed by atoms with Crippen molar-refractivity contribution in [2.45, 2.75) is 0 Å². The number of carbonyl (C=O) groups excluding carboxylic acids is 1. The molecule has 0 atom stereocenters. The summed E-state index contributed by atoms with van der Waals surface area (Å²) in [7, 11) is 1.32. The lowest BCUT2D eigenvalue weighted by Crippen LogP contribution is -2.05. The minimum atomic E-state index is -0.481. The first-order valence-corrected chi connectivity index (χ1v) is 4.77. The minimum Gasteiger partial charge on any atom is -0.464 e. The van der Waals surface area contributed by atoms with Crippen molar-refractivity contribution in [3.8, 4) is 11.3 Å². The van der Waals surface area contributed by atoms with E-state index in [1.165, 1.54) is 13.3 Å². The molecule has 4 nitrogen and oxygen atoms in total. The van der Waals surface area contributed by atoms with Crippen LogP contribution in [0.2, 0.25) is 0 Å². The van der Waals surface area contributed by atoms with Crippen molar-refractivity contribution in [3.63, 3.8) is 0 Å². The Bertz CT molecular complexity index is 497. The highest BCUT2D eigenvalue weighted by Gasteiger charge is 2.08. The van der Waals surface area contributed by atoms with E-state index in [-0.39, 0.29) is 5.69 Å². The van der Waals surface area contributed by atoms with Gasteiger partial charge in [-0.2, -0.15) is 0 Å². The second kappa shape index (κ2) is 4.53. The van der Waals surface area contributed by atoms with E-state index in [2.05, 4.69) is 14.7 Å². The van der Waals surface area contributed by atoms with Crippen molar-refractivity contribution in [2.24, 2.45) is 0 Å². The van der Waals surface area contributed by atoms with Gasteiger partial charge in [-0.05, 0) is 0 Å². The molecule has 0 unspecified atom stereocenters. The van der Waals surface area contributed by atoms with Crippen LogP contribution in [0.3, 0.4) is 0 Å². The number of nitrogens with zero attached hydrogens (tertiary/aromatic N) is 2. The summed E-state index contributed by atoms with van der Waals surface area (Å²) in [6.45, 7) is 0. The van der Waals surface area contributed by atoms with Gasteiger partial charge in [0.15, 0.2) is 5.69 Å². The Labute approximate surface area is 92.9 Å². The van der Waals surface area contributed by atoms with Crippen molar-refractivity contribution >= 4 is 5.97 Å². The van der Waals surface area contributed by atoms with E-state index in [1.807, 2.05) is 30.3 Å². The lowest BCUT2D eigenvalue weighted by Gasteiger charge is -2.02. The molecule has 2 rings (SSSR count). The fraction of sp³-hybridized carbons (Fsp3) is 0.0833. The number of aromatic nitrogens is 2. The monoisotopic (exact) mass is 214 g/mol. The van der Waals surface area contributed by atoms with E-state index in [0.717, 1.165) is 5.56 Å². The van der Waals surface area contributed by atoms with Gasteiger partial charge in [-0.3, -0.25) is 4.98 Å². The molecule has 0 bridgehead atoms. The fourth-order valence-corrected chi connectivity index (χ4v) is 1.32. The largest absolute Gasteiger partial charge is 0.464 e. The van der Waals surface area contributed by atoms with E-state index in [9.17, 15) is 4.79 Å². The number of carbonyl (C=O) groups is 1. The van der Waals surface area contributed by atoms with Crippen LogP contribution in [-0.2, 0) is 4.74 Å². The summed E-state index contributed by atoms with van der Waals surface area (Å²) in [4.78, 5) is 19.4. The van der Waals surface area contributed by atoms with Crippen LogP contribution in [0, 0.1) is 0 Å². The van der Waals surface area contributed by atoms with E-state index in [0.29, 0.717) is 5.69 Å². The summed E-state index contributed by atoms with van der Waals surface area (Å²) in [5.41, 5.74) is 1.79. The summed E-state index contributed by atoms with van der Waals surface area (Å²) in [6.07, 6.45) is 3.00. The van der Waals surface area contributed by atoms with Crippen molar-refractivity contribution in [3.05, 3.63) is 48.4 Å². The quantitative estimate of drug-likeness (QED) is 0.717. The third kappa shape index (κ3) is 2.06. The van der Waals surface area contributed by atoms with Crippen LogP contribution in [0.4, 0.5) is 0 Å². The first kappa shape index (κ1) is 10.3. The highest BCUT2D eigenvalue weighted by atomic mass is 16.5. The zero-order valence-corrected chi connectivity index (χ0v) is 8.75. The fourth-order valence-electron chi connectivity index (χ4n) is 1.32. The molecule has 0 N–H and O–H groups in total. The van der Waals surface area contributed by atoms with Gasteiger partial charge >= 0.3 is 5.97 Å². The molecular weight excluding hydrogens is 204 g/mol. The SMILES string of the molecule is COC(=O)c1cncc(-c2ccccc2)n1. The Hall–Kier alpha value is -2.23. The van der Waals surface area contributed by atoms with Crippen LogP contribution in [0.25, 0.3) is 11.3 Å². The Morgan fingerprint density at radius 1 is 1.19 bits per heavy atom. The molecule has 16 heavy (non-hydrogen) atoms. The number of rotatable bonds is 2. The lowest BCUT2D eigenvalue weighted by atomic mass is 10.2. The van der Waals surface area contributed by atoms with Gasteiger partial charge in [0, 0.05) is 5.56 Å². The second-order valence-corrected chi connectivity index (χ2v) is 3.15. The maximum atomic E-state index is 11.3. The van der Waals surface area contributed by atoms with Gasteiger partial charge in [-0.1, -0.05) is 30.3 Å². The van der Waals surface area contributed by atoms with Gasteiger partial charge in [0.25, 0.3) is 0 Å². The summed E-state index contributed by atoms with van der Waals surface area (Å²) >= 11 is 0. The van der Waals surface area contributed by atoms with Crippen LogP contribution in [0.1, 0.15) is 10.5 Å². The Balaban J connectivity index is 2.40. The zero-order chi connectivity index (χ0) is 11.4. The summed E-state index contributed by atoms with van der Waals surface area (Å²) in [6, 6.07) is 9.54. The van der Waals surface area contributed by atoms with E-state index >= 15 is 0 Å². The Morgan fingerprint density at radius 2 is 1.94 bits per heavy atom. The first-order chi connectivity index (χ1) is 7.81. The molecule has 0 aliphatic carbocycles. The molecule has 0 saturated heterocycles. The van der Waals surface area contributed by atoms with Gasteiger partial charge < -0.3 is 4.74 Å². The number of hydrogen-bond acceptors (Lipinski definition) is 4. The van der Waals surface area contributed by atoms with Crippen molar-refractivity contribution in [1.29, 1.82) is 0 Å². The van der Waals surface area contributed by atoms with E-state index in [1.54, 1.807) is 6.20 Å². The van der Waals surface area contributed by atoms with Crippen LogP contribution < -0.4 is 0 Å². The minimum absolute atomic E-state index is 0.212. The highest BCUT2D eigenvalue weighted by Crippen LogP contribution is 2.15. The second-order valence-electron chi connectivity index (χ2n) is 3.15. The molecule has 0 spiro atoms. The van der Waals surface area contributed by atoms with Crippen LogP contribution in [0.15, 0.2) is 42.7 Å². The molecule has 1 aromatic heterocycles. The molecule has 1 aromatic carbocycles. The average Bonchev–Trinajstić information content (AvgIpc) is 2.39. The molecule has 0 saturated carbocycles. The van der Waals surface area contributed by atoms with Crippen LogP contribution in [-0.4, -0.2) is 23.0 Å². The Morgan fingerprint density at radius 3 is 2.62 bits per heavy atom. The van der Waals surface area contributed by atoms with E-state index in [4.69, 9.17) is 0 Å². The van der Waals surface area contributed by atoms with Gasteiger partial charge in [0.1, 0.15) is 0 Å². The third-order valence-electron chi connectivity index (χ3n) is 2.10. The van der Waals surface area contributed by atoms with Gasteiger partial charge in [0.05, 0.1) is 25.2 Å². The normalized spacial score (nSPS) is 9.81. The van der Waals surface area contributed by atoms with Crippen LogP contribution >= 0.6 is 0 Å². The standard InChI is InChI=1S/C12H10N2O2/c1-16-12(15)11-8-13-7-10(14-11)9-5-3-2-4-6-9/h2-8H,1H3. The zero-order valence-electron chi connectivity index (χ0n) is 8.75. The third-order valence-corrected chi connectivity index (χ3v) is 2.10. The summed E-state index contributed by atoms with van der Waals surface area (Å²) in [5, 5.41) is 0. The van der Waals surface area contributed by atoms with Gasteiger partial charge in [-0.15, -0.1) is 0 Å². The molecule has 80 valence electrons. The van der Waals surface area contributed by atoms with Gasteiger partial charge in [0.2, 0.25) is 0 Å². The number of methoxy groups -OCH3 is 1. The van der Waals surface area contributed by atoms with Crippen molar-refractivity contribution in [1.82, 2.24) is 9.97 Å². The molecule has 0 radical (unpaired) electrons. The summed E-state index contributed by atoms with van der Waals surface area (Å²) in [5.74, 6) is -0.481. The van der Waals surface area contributed by atoms with Gasteiger partial charge in [-0.25, -0.2) is 9.78 Å². The molecule has 1 heterocycles. The molecule has 4 heteroatoms. The first-order valence-electron chi connectivity index (χ1n) is 4.77. The topological polar surface area (TPSA) is 52.1 Å². The van der Waals surface area contributed by atoms with Crippen LogP contribution in [0.5, 0.6) is 0 Å². The van der Waals surface area contributed by atoms with Crippen molar-refractivity contribution in [2.75, 3.05) is 7.11 Å². The summed E-state index contributed by atoms with van der Waals surface area (Å²) < 4.78 is 4.59. The number of benzene rings is 1. The molecule has 0 aliphatic rings. The lowest BCUT2D eigenvalue weighted by molar-refractivity contribution is 0.0593. The van der Waals surface area contributed by atoms with Crippen molar-refractivity contribution < 1.29 is 9.53 Å². The molecule has 0 aliphatic heterocycles. The number of esters is 1. The highest BCUT2D eigenvalue weighted by molar-refractivity contribution is 5.87.